The number of halogens is 1. The van der Waals surface area contributed by atoms with Gasteiger partial charge in [-0.25, -0.2) is 4.79 Å². The monoisotopic (exact) mass is 460 g/mol. The molecular formula is C20H17IN2O3. The number of carbonyl (C=O) groups is 1. The van der Waals surface area contributed by atoms with Crippen LogP contribution in [0.25, 0.3) is 11.3 Å². The van der Waals surface area contributed by atoms with Crippen LogP contribution in [0.3, 0.4) is 0 Å². The Bertz CT molecular complexity index is 900. The molecule has 0 bridgehead atoms. The molecule has 5 nitrogen and oxygen atoms in total. The lowest BCUT2D eigenvalue weighted by molar-refractivity contribution is 0.0526. The molecule has 0 aliphatic rings. The molecule has 0 unspecified atom stereocenters. The van der Waals surface area contributed by atoms with Crippen molar-refractivity contribution in [3.05, 3.63) is 75.6 Å². The van der Waals surface area contributed by atoms with Gasteiger partial charge < -0.3 is 9.15 Å². The Hall–Kier alpha value is -2.61. The predicted octanol–water partition coefficient (Wildman–Crippen LogP) is 5.17. The quantitative estimate of drug-likeness (QED) is 0.239. The molecule has 0 amide bonds. The SMILES string of the molecule is CCOC(=O)c1ccc(-c2ccc(/C=N/Nc3ccc(I)cc3)o2)cc1. The van der Waals surface area contributed by atoms with Crippen LogP contribution >= 0.6 is 22.6 Å². The first-order valence-electron chi connectivity index (χ1n) is 8.08. The summed E-state index contributed by atoms with van der Waals surface area (Å²) >= 11 is 2.25. The summed E-state index contributed by atoms with van der Waals surface area (Å²) < 4.78 is 11.9. The number of esters is 1. The summed E-state index contributed by atoms with van der Waals surface area (Å²) in [6.45, 7) is 2.14. The minimum atomic E-state index is -0.326. The van der Waals surface area contributed by atoms with Crippen LogP contribution < -0.4 is 5.43 Å². The second-order valence-corrected chi connectivity index (χ2v) is 6.62. The van der Waals surface area contributed by atoms with Crippen LogP contribution in [0.2, 0.25) is 0 Å². The van der Waals surface area contributed by atoms with E-state index in [9.17, 15) is 4.79 Å². The second kappa shape index (κ2) is 8.66. The number of ether oxygens (including phenoxy) is 1. The third-order valence-electron chi connectivity index (χ3n) is 3.54. The maximum Gasteiger partial charge on any atom is 0.338 e. The zero-order chi connectivity index (χ0) is 18.4. The van der Waals surface area contributed by atoms with Gasteiger partial charge in [-0.05, 0) is 78.0 Å². The van der Waals surface area contributed by atoms with Gasteiger partial charge in [-0.15, -0.1) is 0 Å². The van der Waals surface area contributed by atoms with E-state index in [0.717, 1.165) is 11.3 Å². The molecule has 0 spiro atoms. The fraction of sp³-hybridized carbons (Fsp3) is 0.100. The van der Waals surface area contributed by atoms with E-state index in [1.165, 1.54) is 3.57 Å². The van der Waals surface area contributed by atoms with Gasteiger partial charge in [-0.1, -0.05) is 12.1 Å². The lowest BCUT2D eigenvalue weighted by Gasteiger charge is -2.02. The van der Waals surface area contributed by atoms with Crippen LogP contribution in [-0.4, -0.2) is 18.8 Å². The summed E-state index contributed by atoms with van der Waals surface area (Å²) in [6, 6.07) is 18.7. The van der Waals surface area contributed by atoms with Gasteiger partial charge in [0, 0.05) is 9.13 Å². The number of hydrogen-bond acceptors (Lipinski definition) is 5. The highest BCUT2D eigenvalue weighted by molar-refractivity contribution is 14.1. The summed E-state index contributed by atoms with van der Waals surface area (Å²) in [6.07, 6.45) is 1.62. The van der Waals surface area contributed by atoms with Crippen LogP contribution in [0.5, 0.6) is 0 Å². The number of hydrazone groups is 1. The van der Waals surface area contributed by atoms with Crippen molar-refractivity contribution in [3.8, 4) is 11.3 Å². The van der Waals surface area contributed by atoms with Crippen molar-refractivity contribution in [2.45, 2.75) is 6.92 Å². The van der Waals surface area contributed by atoms with E-state index < -0.39 is 0 Å². The molecule has 3 aromatic rings. The Kier molecular flexibility index (Phi) is 6.06. The Labute approximate surface area is 165 Å². The molecule has 0 atom stereocenters. The lowest BCUT2D eigenvalue weighted by atomic mass is 10.1. The molecule has 0 saturated heterocycles. The van der Waals surface area contributed by atoms with Gasteiger partial charge >= 0.3 is 5.97 Å². The summed E-state index contributed by atoms with van der Waals surface area (Å²) in [5.74, 6) is 1.01. The number of hydrogen-bond donors (Lipinski definition) is 1. The highest BCUT2D eigenvalue weighted by atomic mass is 127. The predicted molar refractivity (Wildman–Crippen MR) is 110 cm³/mol. The Balaban J connectivity index is 1.64. The maximum atomic E-state index is 11.7. The molecule has 3 rings (SSSR count). The van der Waals surface area contributed by atoms with Crippen molar-refractivity contribution in [2.75, 3.05) is 12.0 Å². The van der Waals surface area contributed by atoms with Crippen molar-refractivity contribution < 1.29 is 13.9 Å². The Morgan fingerprint density at radius 3 is 2.54 bits per heavy atom. The number of nitrogens with one attached hydrogen (secondary N) is 1. The standard InChI is InChI=1S/C20H17IN2O3/c1-2-25-20(24)15-5-3-14(4-6-15)19-12-11-18(26-19)13-22-23-17-9-7-16(21)8-10-17/h3-13,23H,2H2,1H3/b22-13+. The topological polar surface area (TPSA) is 63.8 Å². The lowest BCUT2D eigenvalue weighted by Crippen LogP contribution is -2.03. The number of furan rings is 1. The zero-order valence-corrected chi connectivity index (χ0v) is 16.3. The van der Waals surface area contributed by atoms with E-state index in [-0.39, 0.29) is 5.97 Å². The van der Waals surface area contributed by atoms with Crippen LogP contribution in [-0.2, 0) is 4.74 Å². The van der Waals surface area contributed by atoms with Crippen LogP contribution in [0, 0.1) is 3.57 Å². The van der Waals surface area contributed by atoms with E-state index >= 15 is 0 Å². The molecule has 0 aliphatic heterocycles. The molecular weight excluding hydrogens is 443 g/mol. The third kappa shape index (κ3) is 4.72. The molecule has 1 aromatic heterocycles. The molecule has 0 radical (unpaired) electrons. The van der Waals surface area contributed by atoms with Gasteiger partial charge in [-0.2, -0.15) is 5.10 Å². The molecule has 6 heteroatoms. The highest BCUT2D eigenvalue weighted by Crippen LogP contribution is 2.22. The first-order chi connectivity index (χ1) is 12.7. The average molecular weight is 460 g/mol. The van der Waals surface area contributed by atoms with E-state index in [2.05, 4.69) is 33.1 Å². The molecule has 0 saturated carbocycles. The van der Waals surface area contributed by atoms with Crippen LogP contribution in [0.4, 0.5) is 5.69 Å². The van der Waals surface area contributed by atoms with Crippen LogP contribution in [0.15, 0.2) is 70.2 Å². The van der Waals surface area contributed by atoms with Gasteiger partial charge in [-0.3, -0.25) is 5.43 Å². The molecule has 1 N–H and O–H groups in total. The van der Waals surface area contributed by atoms with Crippen LogP contribution in [0.1, 0.15) is 23.0 Å². The zero-order valence-electron chi connectivity index (χ0n) is 14.1. The molecule has 1 heterocycles. The average Bonchev–Trinajstić information content (AvgIpc) is 3.13. The second-order valence-electron chi connectivity index (χ2n) is 5.38. The minimum Gasteiger partial charge on any atom is -0.462 e. The molecule has 26 heavy (non-hydrogen) atoms. The van der Waals surface area contributed by atoms with Gasteiger partial charge in [0.1, 0.15) is 11.5 Å². The first kappa shape index (κ1) is 18.2. The fourth-order valence-corrected chi connectivity index (χ4v) is 2.62. The van der Waals surface area contributed by atoms with E-state index in [1.54, 1.807) is 25.3 Å². The summed E-state index contributed by atoms with van der Waals surface area (Å²) in [5, 5.41) is 4.17. The van der Waals surface area contributed by atoms with E-state index in [4.69, 9.17) is 9.15 Å². The summed E-state index contributed by atoms with van der Waals surface area (Å²) in [7, 11) is 0. The van der Waals surface area contributed by atoms with Gasteiger partial charge in [0.15, 0.2) is 0 Å². The van der Waals surface area contributed by atoms with E-state index in [0.29, 0.717) is 23.7 Å². The molecule has 0 aliphatic carbocycles. The van der Waals surface area contributed by atoms with Crippen molar-refractivity contribution in [1.82, 2.24) is 0 Å². The van der Waals surface area contributed by atoms with Crippen molar-refractivity contribution >= 4 is 40.5 Å². The number of benzene rings is 2. The number of anilines is 1. The van der Waals surface area contributed by atoms with Crippen molar-refractivity contribution in [3.63, 3.8) is 0 Å². The molecule has 0 fully saturated rings. The Morgan fingerprint density at radius 2 is 1.85 bits per heavy atom. The first-order valence-corrected chi connectivity index (χ1v) is 9.15. The normalized spacial score (nSPS) is 10.8. The van der Waals surface area contributed by atoms with Crippen molar-refractivity contribution in [1.29, 1.82) is 0 Å². The largest absolute Gasteiger partial charge is 0.462 e. The molecule has 2 aromatic carbocycles. The minimum absolute atomic E-state index is 0.326. The smallest absolute Gasteiger partial charge is 0.338 e. The highest BCUT2D eigenvalue weighted by Gasteiger charge is 2.08. The number of rotatable bonds is 6. The summed E-state index contributed by atoms with van der Waals surface area (Å²) in [4.78, 5) is 11.7. The number of nitrogens with zero attached hydrogens (tertiary/aromatic N) is 1. The Morgan fingerprint density at radius 1 is 1.12 bits per heavy atom. The molecule has 132 valence electrons. The van der Waals surface area contributed by atoms with Gasteiger partial charge in [0.05, 0.1) is 24.1 Å². The summed E-state index contributed by atoms with van der Waals surface area (Å²) in [5.41, 5.74) is 5.26. The maximum absolute atomic E-state index is 11.7. The fourth-order valence-electron chi connectivity index (χ4n) is 2.26. The van der Waals surface area contributed by atoms with Crippen molar-refractivity contribution in [2.24, 2.45) is 5.10 Å². The third-order valence-corrected chi connectivity index (χ3v) is 4.26. The van der Waals surface area contributed by atoms with Gasteiger partial charge in [0.25, 0.3) is 0 Å². The number of carbonyl (C=O) groups excluding carboxylic acids is 1. The van der Waals surface area contributed by atoms with Gasteiger partial charge in [0.2, 0.25) is 0 Å². The van der Waals surface area contributed by atoms with E-state index in [1.807, 2.05) is 48.5 Å².